The van der Waals surface area contributed by atoms with E-state index < -0.39 is 6.09 Å². The highest BCUT2D eigenvalue weighted by Crippen LogP contribution is 2.34. The molecule has 146 valence electrons. The van der Waals surface area contributed by atoms with E-state index >= 15 is 0 Å². The molecule has 1 heterocycles. The number of nitrogens with one attached hydrogen (secondary N) is 1. The van der Waals surface area contributed by atoms with Gasteiger partial charge in [0.2, 0.25) is 0 Å². The molecule has 3 aromatic rings. The average Bonchev–Trinajstić information content (AvgIpc) is 3.13. The summed E-state index contributed by atoms with van der Waals surface area (Å²) >= 11 is 0. The molecule has 5 nitrogen and oxygen atoms in total. The normalized spacial score (nSPS) is 15.1. The van der Waals surface area contributed by atoms with Crippen LogP contribution in [0.15, 0.2) is 54.7 Å². The number of pyridine rings is 1. The molecule has 0 fully saturated rings. The first-order valence-corrected chi connectivity index (χ1v) is 9.70. The van der Waals surface area contributed by atoms with Crippen LogP contribution in [0.25, 0.3) is 10.9 Å². The van der Waals surface area contributed by atoms with Gasteiger partial charge in [0.15, 0.2) is 0 Å². The van der Waals surface area contributed by atoms with Crippen molar-refractivity contribution in [3.63, 3.8) is 0 Å². The molecule has 0 saturated heterocycles. The summed E-state index contributed by atoms with van der Waals surface area (Å²) < 4.78 is 5.71. The zero-order valence-corrected chi connectivity index (χ0v) is 16.4. The molecule has 1 atom stereocenters. The Morgan fingerprint density at radius 3 is 3.00 bits per heavy atom. The Hall–Kier alpha value is -3.36. The second-order valence-electron chi connectivity index (χ2n) is 7.30. The molecule has 1 aliphatic rings. The van der Waals surface area contributed by atoms with Crippen LogP contribution in [-0.2, 0) is 17.7 Å². The number of ether oxygens (including phenoxy) is 1. The number of carbonyl (C=O) groups is 1. The number of hydrogen-bond donors (Lipinski definition) is 1. The smallest absolute Gasteiger partial charge is 0.412 e. The SMILES string of the molecule is C#CCN(C)Cc1ccc(NC(=O)OC2CCc3ccccc32)c2ncccc12. The van der Waals surface area contributed by atoms with Gasteiger partial charge >= 0.3 is 6.09 Å². The third kappa shape index (κ3) is 4.08. The van der Waals surface area contributed by atoms with Crippen LogP contribution < -0.4 is 5.32 Å². The summed E-state index contributed by atoms with van der Waals surface area (Å²) in [5.74, 6) is 2.65. The average molecular weight is 385 g/mol. The molecule has 1 unspecified atom stereocenters. The van der Waals surface area contributed by atoms with Crippen molar-refractivity contribution in [1.82, 2.24) is 9.88 Å². The molecule has 1 aromatic heterocycles. The van der Waals surface area contributed by atoms with E-state index in [-0.39, 0.29) is 6.10 Å². The second kappa shape index (κ2) is 8.34. The van der Waals surface area contributed by atoms with Crippen LogP contribution in [0.5, 0.6) is 0 Å². The Morgan fingerprint density at radius 1 is 1.28 bits per heavy atom. The van der Waals surface area contributed by atoms with Crippen molar-refractivity contribution < 1.29 is 9.53 Å². The van der Waals surface area contributed by atoms with Gasteiger partial charge in [-0.15, -0.1) is 6.42 Å². The Balaban J connectivity index is 1.53. The van der Waals surface area contributed by atoms with Crippen molar-refractivity contribution in [3.8, 4) is 12.3 Å². The van der Waals surface area contributed by atoms with Gasteiger partial charge in [0.05, 0.1) is 17.7 Å². The first kappa shape index (κ1) is 19.0. The lowest BCUT2D eigenvalue weighted by atomic mass is 10.1. The van der Waals surface area contributed by atoms with Crippen molar-refractivity contribution in [2.45, 2.75) is 25.5 Å². The molecular formula is C24H23N3O2. The third-order valence-electron chi connectivity index (χ3n) is 5.23. The van der Waals surface area contributed by atoms with E-state index in [1.807, 2.05) is 49.5 Å². The topological polar surface area (TPSA) is 54.5 Å². The molecule has 5 heteroatoms. The van der Waals surface area contributed by atoms with E-state index in [0.717, 1.165) is 34.9 Å². The third-order valence-corrected chi connectivity index (χ3v) is 5.23. The number of aromatic nitrogens is 1. The van der Waals surface area contributed by atoms with E-state index in [4.69, 9.17) is 11.2 Å². The van der Waals surface area contributed by atoms with E-state index in [1.165, 1.54) is 5.56 Å². The van der Waals surface area contributed by atoms with Crippen LogP contribution in [0.1, 0.15) is 29.2 Å². The van der Waals surface area contributed by atoms with Crippen molar-refractivity contribution >= 4 is 22.7 Å². The molecule has 1 aliphatic carbocycles. The Labute approximate surface area is 170 Å². The molecule has 0 spiro atoms. The van der Waals surface area contributed by atoms with Crippen LogP contribution in [0, 0.1) is 12.3 Å². The molecule has 1 N–H and O–H groups in total. The quantitative estimate of drug-likeness (QED) is 0.656. The number of fused-ring (bicyclic) bond motifs is 2. The van der Waals surface area contributed by atoms with Gasteiger partial charge in [-0.1, -0.05) is 42.3 Å². The van der Waals surface area contributed by atoms with E-state index in [2.05, 4.69) is 27.2 Å². The summed E-state index contributed by atoms with van der Waals surface area (Å²) in [5, 5.41) is 3.87. The van der Waals surface area contributed by atoms with Crippen LogP contribution in [-0.4, -0.2) is 29.6 Å². The number of aryl methyl sites for hydroxylation is 1. The minimum Gasteiger partial charge on any atom is -0.441 e. The lowest BCUT2D eigenvalue weighted by molar-refractivity contribution is 0.112. The minimum atomic E-state index is -0.462. The number of nitrogens with zero attached hydrogens (tertiary/aromatic N) is 2. The zero-order valence-electron chi connectivity index (χ0n) is 16.4. The number of anilines is 1. The van der Waals surface area contributed by atoms with Crippen molar-refractivity contribution in [1.29, 1.82) is 0 Å². The number of amides is 1. The van der Waals surface area contributed by atoms with Gasteiger partial charge in [-0.3, -0.25) is 15.2 Å². The summed E-state index contributed by atoms with van der Waals surface area (Å²) in [4.78, 5) is 19.1. The lowest BCUT2D eigenvalue weighted by Gasteiger charge is -2.17. The van der Waals surface area contributed by atoms with E-state index in [9.17, 15) is 4.79 Å². The fourth-order valence-electron chi connectivity index (χ4n) is 3.88. The number of hydrogen-bond acceptors (Lipinski definition) is 4. The van der Waals surface area contributed by atoms with Gasteiger partial charge in [-0.05, 0) is 48.7 Å². The molecular weight excluding hydrogens is 362 g/mol. The summed E-state index contributed by atoms with van der Waals surface area (Å²) in [5.41, 5.74) is 4.83. The fraction of sp³-hybridized carbons (Fsp3) is 0.250. The van der Waals surface area contributed by atoms with E-state index in [0.29, 0.717) is 18.8 Å². The number of terminal acetylenes is 1. The maximum Gasteiger partial charge on any atom is 0.412 e. The molecule has 1 amide bonds. The van der Waals surface area contributed by atoms with Crippen LogP contribution in [0.2, 0.25) is 0 Å². The molecule has 0 bridgehead atoms. The van der Waals surface area contributed by atoms with Gasteiger partial charge in [0.1, 0.15) is 6.10 Å². The standard InChI is InChI=1S/C24H23N3O2/c1-3-15-27(2)16-18-10-12-21(23-20(18)9-6-14-25-23)26-24(28)29-22-13-11-17-7-4-5-8-19(17)22/h1,4-10,12,14,22H,11,13,15-16H2,2H3,(H,26,28). The Morgan fingerprint density at radius 2 is 2.14 bits per heavy atom. The van der Waals surface area contributed by atoms with Gasteiger partial charge in [0, 0.05) is 18.1 Å². The van der Waals surface area contributed by atoms with Gasteiger partial charge in [-0.25, -0.2) is 4.79 Å². The minimum absolute atomic E-state index is 0.206. The predicted octanol–water partition coefficient (Wildman–Crippen LogP) is 4.54. The number of benzene rings is 2. The summed E-state index contributed by atoms with van der Waals surface area (Å²) in [7, 11) is 1.98. The lowest BCUT2D eigenvalue weighted by Crippen LogP contribution is -2.19. The van der Waals surface area contributed by atoms with E-state index in [1.54, 1.807) is 6.20 Å². The largest absolute Gasteiger partial charge is 0.441 e. The van der Waals surface area contributed by atoms with Gasteiger partial charge < -0.3 is 4.74 Å². The molecule has 0 radical (unpaired) electrons. The number of rotatable bonds is 5. The zero-order chi connectivity index (χ0) is 20.2. The first-order chi connectivity index (χ1) is 14.2. The molecule has 2 aromatic carbocycles. The maximum absolute atomic E-state index is 12.6. The summed E-state index contributed by atoms with van der Waals surface area (Å²) in [6.07, 6.45) is 8.20. The molecule has 0 saturated carbocycles. The Kier molecular flexibility index (Phi) is 5.46. The summed E-state index contributed by atoms with van der Waals surface area (Å²) in [6.45, 7) is 1.27. The van der Waals surface area contributed by atoms with Crippen molar-refractivity contribution in [3.05, 3.63) is 71.4 Å². The second-order valence-corrected chi connectivity index (χ2v) is 7.30. The fourth-order valence-corrected chi connectivity index (χ4v) is 3.88. The van der Waals surface area contributed by atoms with Crippen molar-refractivity contribution in [2.24, 2.45) is 0 Å². The highest BCUT2D eigenvalue weighted by molar-refractivity contribution is 5.99. The maximum atomic E-state index is 12.6. The van der Waals surface area contributed by atoms with Crippen molar-refractivity contribution in [2.75, 3.05) is 18.9 Å². The number of carbonyl (C=O) groups excluding carboxylic acids is 1. The van der Waals surface area contributed by atoms with Gasteiger partial charge in [-0.2, -0.15) is 0 Å². The highest BCUT2D eigenvalue weighted by Gasteiger charge is 2.25. The Bertz CT molecular complexity index is 1090. The van der Waals surface area contributed by atoms with Crippen LogP contribution in [0.3, 0.4) is 0 Å². The van der Waals surface area contributed by atoms with Crippen LogP contribution in [0.4, 0.5) is 10.5 Å². The molecule has 4 rings (SSSR count). The van der Waals surface area contributed by atoms with Gasteiger partial charge in [0.25, 0.3) is 0 Å². The molecule has 0 aliphatic heterocycles. The summed E-state index contributed by atoms with van der Waals surface area (Å²) in [6, 6.07) is 15.9. The highest BCUT2D eigenvalue weighted by atomic mass is 16.6. The molecule has 29 heavy (non-hydrogen) atoms. The predicted molar refractivity (Wildman–Crippen MR) is 115 cm³/mol. The first-order valence-electron chi connectivity index (χ1n) is 9.70. The van der Waals surface area contributed by atoms with Crippen LogP contribution >= 0.6 is 0 Å². The monoisotopic (exact) mass is 385 g/mol.